The SMILES string of the molecule is CN(c1ccccc1-c1ccccc1)c1cc(-c2cccc3c2sc2ccccc23)ccc1-c1ccccc1. The Hall–Kier alpha value is -4.66. The zero-order chi connectivity index (χ0) is 26.2. The van der Waals surface area contributed by atoms with Crippen LogP contribution in [-0.2, 0) is 0 Å². The highest BCUT2D eigenvalue weighted by atomic mass is 32.1. The molecular formula is C37H27NS. The van der Waals surface area contributed by atoms with Crippen molar-refractivity contribution in [3.63, 3.8) is 0 Å². The van der Waals surface area contributed by atoms with Crippen molar-refractivity contribution in [1.82, 2.24) is 0 Å². The average molecular weight is 518 g/mol. The van der Waals surface area contributed by atoms with Crippen molar-refractivity contribution in [1.29, 1.82) is 0 Å². The molecule has 7 rings (SSSR count). The third-order valence-corrected chi connectivity index (χ3v) is 8.73. The number of benzene rings is 6. The van der Waals surface area contributed by atoms with Crippen molar-refractivity contribution < 1.29 is 0 Å². The Morgan fingerprint density at radius 1 is 0.436 bits per heavy atom. The van der Waals surface area contributed by atoms with Gasteiger partial charge in [-0.2, -0.15) is 0 Å². The van der Waals surface area contributed by atoms with Crippen LogP contribution in [0.4, 0.5) is 11.4 Å². The summed E-state index contributed by atoms with van der Waals surface area (Å²) in [5, 5.41) is 2.65. The van der Waals surface area contributed by atoms with E-state index in [1.807, 2.05) is 11.3 Å². The minimum atomic E-state index is 1.18. The van der Waals surface area contributed by atoms with E-state index in [9.17, 15) is 0 Å². The van der Waals surface area contributed by atoms with Crippen LogP contribution < -0.4 is 4.90 Å². The lowest BCUT2D eigenvalue weighted by atomic mass is 9.96. The van der Waals surface area contributed by atoms with E-state index in [1.165, 1.54) is 64.9 Å². The van der Waals surface area contributed by atoms with E-state index in [0.29, 0.717) is 0 Å². The predicted octanol–water partition coefficient (Wildman–Crippen LogP) is 10.8. The number of hydrogen-bond acceptors (Lipinski definition) is 2. The van der Waals surface area contributed by atoms with Crippen LogP contribution >= 0.6 is 11.3 Å². The number of anilines is 2. The zero-order valence-corrected chi connectivity index (χ0v) is 22.5. The van der Waals surface area contributed by atoms with Gasteiger partial charge in [-0.15, -0.1) is 11.3 Å². The average Bonchev–Trinajstić information content (AvgIpc) is 3.40. The largest absolute Gasteiger partial charge is 0.344 e. The molecule has 0 fully saturated rings. The van der Waals surface area contributed by atoms with Crippen LogP contribution in [0.1, 0.15) is 0 Å². The van der Waals surface area contributed by atoms with Crippen LogP contribution in [0.5, 0.6) is 0 Å². The lowest BCUT2D eigenvalue weighted by Crippen LogP contribution is -2.12. The van der Waals surface area contributed by atoms with Gasteiger partial charge >= 0.3 is 0 Å². The maximum absolute atomic E-state index is 2.36. The highest BCUT2D eigenvalue weighted by Crippen LogP contribution is 2.44. The van der Waals surface area contributed by atoms with E-state index in [-0.39, 0.29) is 0 Å². The Kier molecular flexibility index (Phi) is 5.96. The molecular weight excluding hydrogens is 490 g/mol. The molecule has 0 aliphatic heterocycles. The van der Waals surface area contributed by atoms with Crippen LogP contribution in [0.15, 0.2) is 146 Å². The molecule has 0 aliphatic rings. The van der Waals surface area contributed by atoms with Crippen LogP contribution in [0.25, 0.3) is 53.6 Å². The lowest BCUT2D eigenvalue weighted by Gasteiger charge is -2.26. The number of fused-ring (bicyclic) bond motifs is 3. The van der Waals surface area contributed by atoms with Gasteiger partial charge in [-0.3, -0.25) is 0 Å². The van der Waals surface area contributed by atoms with Gasteiger partial charge in [-0.05, 0) is 40.5 Å². The van der Waals surface area contributed by atoms with Gasteiger partial charge in [0.2, 0.25) is 0 Å². The van der Waals surface area contributed by atoms with Crippen molar-refractivity contribution in [2.45, 2.75) is 0 Å². The van der Waals surface area contributed by atoms with Gasteiger partial charge in [0.05, 0.1) is 0 Å². The summed E-state index contributed by atoms with van der Waals surface area (Å²) in [5.41, 5.74) is 9.73. The molecule has 1 heterocycles. The maximum Gasteiger partial charge on any atom is 0.0494 e. The first-order valence-corrected chi connectivity index (χ1v) is 14.1. The van der Waals surface area contributed by atoms with Gasteiger partial charge in [-0.25, -0.2) is 0 Å². The van der Waals surface area contributed by atoms with Crippen molar-refractivity contribution >= 4 is 42.9 Å². The fourth-order valence-electron chi connectivity index (χ4n) is 5.57. The van der Waals surface area contributed by atoms with Crippen molar-refractivity contribution in [2.75, 3.05) is 11.9 Å². The second-order valence-corrected chi connectivity index (χ2v) is 10.9. The molecule has 1 aromatic heterocycles. The van der Waals surface area contributed by atoms with Gasteiger partial charge < -0.3 is 4.90 Å². The molecule has 0 saturated heterocycles. The Balaban J connectivity index is 1.44. The molecule has 7 aromatic rings. The van der Waals surface area contributed by atoms with Gasteiger partial charge in [0.25, 0.3) is 0 Å². The quantitative estimate of drug-likeness (QED) is 0.219. The minimum absolute atomic E-state index is 1.18. The highest BCUT2D eigenvalue weighted by molar-refractivity contribution is 7.26. The number of para-hydroxylation sites is 1. The van der Waals surface area contributed by atoms with E-state index in [1.54, 1.807) is 0 Å². The molecule has 0 radical (unpaired) electrons. The Bertz CT molecular complexity index is 1920. The molecule has 6 aromatic carbocycles. The molecule has 0 spiro atoms. The second kappa shape index (κ2) is 9.90. The summed E-state index contributed by atoms with van der Waals surface area (Å²) < 4.78 is 2.67. The Labute approximate surface area is 233 Å². The zero-order valence-electron chi connectivity index (χ0n) is 21.7. The standard InChI is InChI=1S/C37H27NS/c1-38(34-21-10-8-17-29(34)26-13-4-2-5-14-26)35-25-28(23-24-30(35)27-15-6-3-7-16-27)31-19-12-20-33-32-18-9-11-22-36(32)39-37(31)33/h2-25H,1H3. The summed E-state index contributed by atoms with van der Waals surface area (Å²) in [7, 11) is 2.19. The normalized spacial score (nSPS) is 11.2. The van der Waals surface area contributed by atoms with Gasteiger partial charge in [0.15, 0.2) is 0 Å². The predicted molar refractivity (Wildman–Crippen MR) is 170 cm³/mol. The van der Waals surface area contributed by atoms with Crippen molar-refractivity contribution in [3.05, 3.63) is 146 Å². The number of thiophene rings is 1. The first kappa shape index (κ1) is 23.5. The van der Waals surface area contributed by atoms with Crippen LogP contribution in [0.2, 0.25) is 0 Å². The fraction of sp³-hybridized carbons (Fsp3) is 0.0270. The monoisotopic (exact) mass is 517 g/mol. The first-order valence-electron chi connectivity index (χ1n) is 13.3. The Morgan fingerprint density at radius 2 is 1.03 bits per heavy atom. The summed E-state index contributed by atoms with van der Waals surface area (Å²) in [4.78, 5) is 2.35. The van der Waals surface area contributed by atoms with Crippen LogP contribution in [0.3, 0.4) is 0 Å². The molecule has 39 heavy (non-hydrogen) atoms. The number of rotatable bonds is 5. The van der Waals surface area contributed by atoms with Gasteiger partial charge in [0, 0.05) is 49.7 Å². The van der Waals surface area contributed by atoms with Crippen molar-refractivity contribution in [3.8, 4) is 33.4 Å². The highest BCUT2D eigenvalue weighted by Gasteiger charge is 2.17. The molecule has 0 unspecified atom stereocenters. The van der Waals surface area contributed by atoms with Gasteiger partial charge in [-0.1, -0.05) is 127 Å². The summed E-state index contributed by atoms with van der Waals surface area (Å²) in [6.07, 6.45) is 0. The molecule has 2 heteroatoms. The molecule has 0 atom stereocenters. The Morgan fingerprint density at radius 3 is 1.79 bits per heavy atom. The van der Waals surface area contributed by atoms with E-state index in [4.69, 9.17) is 0 Å². The smallest absolute Gasteiger partial charge is 0.0494 e. The summed E-state index contributed by atoms with van der Waals surface area (Å²) in [6, 6.07) is 52.4. The summed E-state index contributed by atoms with van der Waals surface area (Å²) >= 11 is 1.88. The molecule has 0 N–H and O–H groups in total. The second-order valence-electron chi connectivity index (χ2n) is 9.82. The number of nitrogens with zero attached hydrogens (tertiary/aromatic N) is 1. The van der Waals surface area contributed by atoms with E-state index >= 15 is 0 Å². The third-order valence-electron chi connectivity index (χ3n) is 7.51. The van der Waals surface area contributed by atoms with Crippen LogP contribution in [-0.4, -0.2) is 7.05 Å². The van der Waals surface area contributed by atoms with E-state index in [2.05, 4.69) is 158 Å². The topological polar surface area (TPSA) is 3.24 Å². The number of hydrogen-bond donors (Lipinski definition) is 0. The van der Waals surface area contributed by atoms with Crippen LogP contribution in [0, 0.1) is 0 Å². The summed E-state index contributed by atoms with van der Waals surface area (Å²) in [6.45, 7) is 0. The molecule has 186 valence electrons. The van der Waals surface area contributed by atoms with Gasteiger partial charge in [0.1, 0.15) is 0 Å². The van der Waals surface area contributed by atoms with Crippen molar-refractivity contribution in [2.24, 2.45) is 0 Å². The van der Waals surface area contributed by atoms with E-state index < -0.39 is 0 Å². The molecule has 0 saturated carbocycles. The lowest BCUT2D eigenvalue weighted by molar-refractivity contribution is 1.21. The molecule has 0 aliphatic carbocycles. The summed E-state index contributed by atoms with van der Waals surface area (Å²) in [5.74, 6) is 0. The molecule has 0 amide bonds. The maximum atomic E-state index is 2.36. The van der Waals surface area contributed by atoms with E-state index in [0.717, 1.165) is 0 Å². The minimum Gasteiger partial charge on any atom is -0.344 e. The first-order chi connectivity index (χ1) is 19.3. The fourth-order valence-corrected chi connectivity index (χ4v) is 6.81. The molecule has 1 nitrogen and oxygen atoms in total. The third kappa shape index (κ3) is 4.20. The molecule has 0 bridgehead atoms.